The van der Waals surface area contributed by atoms with Gasteiger partial charge in [-0.3, -0.25) is 9.59 Å². The van der Waals surface area contributed by atoms with E-state index in [0.717, 1.165) is 60.8 Å². The first kappa shape index (κ1) is 23.8. The number of fused-ring (bicyclic) bond motifs is 3. The largest absolute Gasteiger partial charge is 0.481 e. The number of carbonyl (C=O) groups is 3. The minimum Gasteiger partial charge on any atom is -0.481 e. The molecule has 2 N–H and O–H groups in total. The number of benzene rings is 2. The van der Waals surface area contributed by atoms with E-state index in [1.54, 1.807) is 4.90 Å². The first-order valence-corrected chi connectivity index (χ1v) is 12.2. The normalized spacial score (nSPS) is 16.9. The van der Waals surface area contributed by atoms with Crippen molar-refractivity contribution in [1.29, 1.82) is 0 Å². The van der Waals surface area contributed by atoms with Crippen LogP contribution in [-0.2, 0) is 14.3 Å². The average molecular weight is 465 g/mol. The molecule has 0 bridgehead atoms. The van der Waals surface area contributed by atoms with Gasteiger partial charge in [-0.2, -0.15) is 0 Å². The van der Waals surface area contributed by atoms with Gasteiger partial charge in [-0.25, -0.2) is 4.79 Å². The van der Waals surface area contributed by atoms with Crippen LogP contribution in [0.15, 0.2) is 48.5 Å². The second-order valence-electron chi connectivity index (χ2n) is 9.07. The number of ether oxygens (including phenoxy) is 1. The number of carboxylic acids is 1. The van der Waals surface area contributed by atoms with Crippen molar-refractivity contribution in [2.45, 2.75) is 56.9 Å². The lowest BCUT2D eigenvalue weighted by molar-refractivity contribution is -0.142. The molecule has 180 valence electrons. The predicted molar refractivity (Wildman–Crippen MR) is 129 cm³/mol. The highest BCUT2D eigenvalue weighted by molar-refractivity contribution is 5.89. The molecule has 1 fully saturated rings. The average Bonchev–Trinajstić information content (AvgIpc) is 3.22. The zero-order valence-electron chi connectivity index (χ0n) is 19.4. The van der Waals surface area contributed by atoms with Crippen LogP contribution in [-0.4, -0.2) is 53.7 Å². The van der Waals surface area contributed by atoms with Crippen LogP contribution in [0.25, 0.3) is 11.1 Å². The van der Waals surface area contributed by atoms with Crippen molar-refractivity contribution in [2.24, 2.45) is 0 Å². The van der Waals surface area contributed by atoms with E-state index >= 15 is 0 Å². The van der Waals surface area contributed by atoms with Crippen molar-refractivity contribution in [3.05, 3.63) is 59.7 Å². The lowest BCUT2D eigenvalue weighted by Crippen LogP contribution is -2.50. The smallest absolute Gasteiger partial charge is 0.407 e. The minimum atomic E-state index is -1.14. The summed E-state index contributed by atoms with van der Waals surface area (Å²) in [4.78, 5) is 38.9. The lowest BCUT2D eigenvalue weighted by atomic mass is 9.98. The number of carboxylic acid groups (broad SMARTS) is 1. The highest BCUT2D eigenvalue weighted by atomic mass is 16.5. The number of amides is 2. The summed E-state index contributed by atoms with van der Waals surface area (Å²) < 4.78 is 5.54. The number of nitrogens with one attached hydrogen (secondary N) is 1. The van der Waals surface area contributed by atoms with Gasteiger partial charge in [0.1, 0.15) is 12.6 Å². The van der Waals surface area contributed by atoms with Crippen molar-refractivity contribution in [2.75, 3.05) is 19.7 Å². The van der Waals surface area contributed by atoms with E-state index in [-0.39, 0.29) is 18.4 Å². The van der Waals surface area contributed by atoms with E-state index in [0.29, 0.717) is 13.1 Å². The molecule has 34 heavy (non-hydrogen) atoms. The number of rotatable bonds is 6. The molecule has 2 aromatic carbocycles. The molecule has 1 saturated heterocycles. The first-order chi connectivity index (χ1) is 16.5. The summed E-state index contributed by atoms with van der Waals surface area (Å²) in [7, 11) is 0. The second kappa shape index (κ2) is 11.2. The summed E-state index contributed by atoms with van der Waals surface area (Å²) >= 11 is 0. The molecule has 1 atom stereocenters. The standard InChI is InChI=1S/C27H32N2O5/c30-25(31)17-24(26(32)29-15-9-3-1-2-4-10-16-29)28-27(33)34-18-23-21-13-7-5-11-19(21)20-12-6-8-14-22(20)23/h5-8,11-14,23-24H,1-4,9-10,15-18H2,(H,28,33)(H,30,31). The molecule has 2 aliphatic rings. The molecule has 0 spiro atoms. The van der Waals surface area contributed by atoms with Crippen molar-refractivity contribution < 1.29 is 24.2 Å². The van der Waals surface area contributed by atoms with Gasteiger partial charge in [0.2, 0.25) is 5.91 Å². The summed E-state index contributed by atoms with van der Waals surface area (Å²) in [5.74, 6) is -1.59. The lowest BCUT2D eigenvalue weighted by Gasteiger charge is -2.27. The molecule has 0 aromatic heterocycles. The predicted octanol–water partition coefficient (Wildman–Crippen LogP) is 4.55. The second-order valence-corrected chi connectivity index (χ2v) is 9.07. The molecular weight excluding hydrogens is 432 g/mol. The number of carbonyl (C=O) groups excluding carboxylic acids is 2. The molecule has 2 aromatic rings. The van der Waals surface area contributed by atoms with E-state index < -0.39 is 24.5 Å². The molecule has 1 unspecified atom stereocenters. The Hall–Kier alpha value is -3.35. The summed E-state index contributed by atoms with van der Waals surface area (Å²) in [6.07, 6.45) is 4.93. The fourth-order valence-electron chi connectivity index (χ4n) is 5.02. The molecule has 1 aliphatic heterocycles. The molecule has 1 aliphatic carbocycles. The zero-order valence-corrected chi connectivity index (χ0v) is 19.4. The molecule has 7 heteroatoms. The van der Waals surface area contributed by atoms with Crippen LogP contribution in [0.4, 0.5) is 4.79 Å². The highest BCUT2D eigenvalue weighted by Gasteiger charge is 2.31. The fraction of sp³-hybridized carbons (Fsp3) is 0.444. The van der Waals surface area contributed by atoms with Gasteiger partial charge in [0.05, 0.1) is 6.42 Å². The Morgan fingerprint density at radius 3 is 1.97 bits per heavy atom. The van der Waals surface area contributed by atoms with Gasteiger partial charge in [-0.05, 0) is 35.1 Å². The third-order valence-electron chi connectivity index (χ3n) is 6.73. The van der Waals surface area contributed by atoms with Crippen LogP contribution in [0, 0.1) is 0 Å². The van der Waals surface area contributed by atoms with E-state index in [9.17, 15) is 19.5 Å². The van der Waals surface area contributed by atoms with Crippen molar-refractivity contribution in [1.82, 2.24) is 10.2 Å². The Bertz CT molecular complexity index is 982. The Kier molecular flexibility index (Phi) is 7.83. The fourth-order valence-corrected chi connectivity index (χ4v) is 5.02. The van der Waals surface area contributed by atoms with Gasteiger partial charge in [-0.1, -0.05) is 74.2 Å². The van der Waals surface area contributed by atoms with Crippen LogP contribution in [0.2, 0.25) is 0 Å². The molecule has 1 heterocycles. The van der Waals surface area contributed by atoms with Crippen molar-refractivity contribution in [3.63, 3.8) is 0 Å². The number of hydrogen-bond acceptors (Lipinski definition) is 4. The zero-order chi connectivity index (χ0) is 23.9. The number of alkyl carbamates (subject to hydrolysis) is 1. The third-order valence-corrected chi connectivity index (χ3v) is 6.73. The SMILES string of the molecule is O=C(O)CC(NC(=O)OCC1c2ccccc2-c2ccccc21)C(=O)N1CCCCCCCC1. The third kappa shape index (κ3) is 5.58. The van der Waals surface area contributed by atoms with Gasteiger partial charge in [0.15, 0.2) is 0 Å². The topological polar surface area (TPSA) is 95.9 Å². The summed E-state index contributed by atoms with van der Waals surface area (Å²) in [5.41, 5.74) is 4.43. The highest BCUT2D eigenvalue weighted by Crippen LogP contribution is 2.44. The molecule has 7 nitrogen and oxygen atoms in total. The maximum absolute atomic E-state index is 13.1. The molecule has 4 rings (SSSR count). The minimum absolute atomic E-state index is 0.107. The van der Waals surface area contributed by atoms with E-state index in [1.807, 2.05) is 36.4 Å². The van der Waals surface area contributed by atoms with Gasteiger partial charge in [0.25, 0.3) is 0 Å². The monoisotopic (exact) mass is 464 g/mol. The van der Waals surface area contributed by atoms with Gasteiger partial charge in [-0.15, -0.1) is 0 Å². The van der Waals surface area contributed by atoms with Crippen LogP contribution in [0.5, 0.6) is 0 Å². The Balaban J connectivity index is 1.41. The van der Waals surface area contributed by atoms with E-state index in [2.05, 4.69) is 17.4 Å². The van der Waals surface area contributed by atoms with E-state index in [1.165, 1.54) is 0 Å². The Morgan fingerprint density at radius 2 is 1.41 bits per heavy atom. The molecule has 2 amide bonds. The van der Waals surface area contributed by atoms with Crippen molar-refractivity contribution in [3.8, 4) is 11.1 Å². The van der Waals surface area contributed by atoms with Crippen LogP contribution < -0.4 is 5.32 Å². The van der Waals surface area contributed by atoms with Crippen molar-refractivity contribution >= 4 is 18.0 Å². The molecular formula is C27H32N2O5. The summed E-state index contributed by atoms with van der Waals surface area (Å²) in [6, 6.07) is 14.9. The van der Waals surface area contributed by atoms with Gasteiger partial charge >= 0.3 is 12.1 Å². The van der Waals surface area contributed by atoms with E-state index in [4.69, 9.17) is 4.74 Å². The maximum atomic E-state index is 13.1. The van der Waals surface area contributed by atoms with Crippen LogP contribution in [0.1, 0.15) is 62.0 Å². The summed E-state index contributed by atoms with van der Waals surface area (Å²) in [5, 5.41) is 11.9. The number of nitrogens with zero attached hydrogens (tertiary/aromatic N) is 1. The van der Waals surface area contributed by atoms with Crippen LogP contribution in [0.3, 0.4) is 0 Å². The summed E-state index contributed by atoms with van der Waals surface area (Å²) in [6.45, 7) is 1.28. The number of aliphatic carboxylic acids is 1. The van der Waals surface area contributed by atoms with Gasteiger partial charge in [0, 0.05) is 19.0 Å². The maximum Gasteiger partial charge on any atom is 0.407 e. The van der Waals surface area contributed by atoms with Crippen LogP contribution >= 0.6 is 0 Å². The molecule has 0 saturated carbocycles. The van der Waals surface area contributed by atoms with Gasteiger partial charge < -0.3 is 20.1 Å². The number of hydrogen-bond donors (Lipinski definition) is 2. The Labute approximate surface area is 200 Å². The first-order valence-electron chi connectivity index (χ1n) is 12.2. The quantitative estimate of drug-likeness (QED) is 0.654. The Morgan fingerprint density at radius 1 is 0.882 bits per heavy atom. The molecule has 0 radical (unpaired) electrons.